The van der Waals surface area contributed by atoms with Crippen LogP contribution >= 0.6 is 0 Å². The topological polar surface area (TPSA) is 74.6 Å². The smallest absolute Gasteiger partial charge is 0.389 e. The minimum Gasteiger partial charge on any atom is -0.481 e. The molecule has 0 fully saturated rings. The molecule has 0 aliphatic heterocycles. The number of hydrogen-bond donors (Lipinski definition) is 2. The normalized spacial score (nSPS) is 13.2. The largest absolute Gasteiger partial charge is 0.481 e. The summed E-state index contributed by atoms with van der Waals surface area (Å²) in [5, 5.41) is 15.7. The second-order valence-electron chi connectivity index (χ2n) is 3.67. The molecule has 0 aromatic rings. The molecular formula is C10H14F6O4. The van der Waals surface area contributed by atoms with E-state index in [0.29, 0.717) is 0 Å². The van der Waals surface area contributed by atoms with Crippen LogP contribution in [0.4, 0.5) is 26.3 Å². The Balaban J connectivity index is 0. The summed E-state index contributed by atoms with van der Waals surface area (Å²) in [5.74, 6) is -7.85. The molecule has 0 aliphatic carbocycles. The zero-order chi connectivity index (χ0) is 16.6. The zero-order valence-corrected chi connectivity index (χ0v) is 10.4. The summed E-state index contributed by atoms with van der Waals surface area (Å²) < 4.78 is 69.9. The van der Waals surface area contributed by atoms with Crippen molar-refractivity contribution in [3.05, 3.63) is 0 Å². The molecule has 0 radical (unpaired) electrons. The van der Waals surface area contributed by atoms with E-state index in [0.717, 1.165) is 6.92 Å². The number of alkyl halides is 6. The molecule has 0 saturated heterocycles. The Morgan fingerprint density at radius 1 is 1.10 bits per heavy atom. The van der Waals surface area contributed by atoms with E-state index in [1.54, 1.807) is 0 Å². The van der Waals surface area contributed by atoms with Gasteiger partial charge >= 0.3 is 24.0 Å². The molecule has 0 aromatic carbocycles. The quantitative estimate of drug-likeness (QED) is 0.738. The summed E-state index contributed by atoms with van der Waals surface area (Å²) in [6.45, 7) is 1.15. The minimum atomic E-state index is -4.24. The first-order valence-electron chi connectivity index (χ1n) is 5.38. The molecule has 10 heteroatoms. The minimum absolute atomic E-state index is 0.334. The highest BCUT2D eigenvalue weighted by molar-refractivity contribution is 5.76. The predicted molar refractivity (Wildman–Crippen MR) is 55.3 cm³/mol. The van der Waals surface area contributed by atoms with E-state index in [2.05, 4.69) is 0 Å². The van der Waals surface area contributed by atoms with Gasteiger partial charge in [-0.1, -0.05) is 6.92 Å². The number of aliphatic carboxylic acids is 2. The van der Waals surface area contributed by atoms with Crippen LogP contribution in [0, 0.1) is 0 Å². The number of rotatable bonds is 6. The lowest BCUT2D eigenvalue weighted by atomic mass is 10.2. The van der Waals surface area contributed by atoms with Crippen molar-refractivity contribution in [3.8, 4) is 0 Å². The van der Waals surface area contributed by atoms with Gasteiger partial charge in [-0.2, -0.15) is 22.0 Å². The summed E-state index contributed by atoms with van der Waals surface area (Å²) in [6.07, 6.45) is -9.09. The molecule has 0 heterocycles. The van der Waals surface area contributed by atoms with Crippen LogP contribution in [0.1, 0.15) is 32.6 Å². The number of halogens is 6. The van der Waals surface area contributed by atoms with Gasteiger partial charge in [0.15, 0.2) is 6.17 Å². The average molecular weight is 312 g/mol. The van der Waals surface area contributed by atoms with E-state index in [9.17, 15) is 35.9 Å². The van der Waals surface area contributed by atoms with Crippen LogP contribution in [0.15, 0.2) is 0 Å². The van der Waals surface area contributed by atoms with E-state index >= 15 is 0 Å². The van der Waals surface area contributed by atoms with Crippen molar-refractivity contribution in [2.75, 3.05) is 0 Å². The molecule has 0 rings (SSSR count). The van der Waals surface area contributed by atoms with Gasteiger partial charge < -0.3 is 10.2 Å². The molecular weight excluding hydrogens is 298 g/mol. The molecule has 2 N–H and O–H groups in total. The van der Waals surface area contributed by atoms with Gasteiger partial charge in [0.05, 0.1) is 0 Å². The molecule has 0 amide bonds. The van der Waals surface area contributed by atoms with E-state index in [4.69, 9.17) is 10.2 Å². The Bertz CT molecular complexity index is 315. The first-order chi connectivity index (χ1) is 8.84. The van der Waals surface area contributed by atoms with Crippen molar-refractivity contribution in [1.29, 1.82) is 0 Å². The third-order valence-corrected chi connectivity index (χ3v) is 1.89. The van der Waals surface area contributed by atoms with Crippen molar-refractivity contribution in [3.63, 3.8) is 0 Å². The van der Waals surface area contributed by atoms with Gasteiger partial charge in [0.2, 0.25) is 0 Å². The van der Waals surface area contributed by atoms with Crippen LogP contribution in [0.5, 0.6) is 0 Å². The fourth-order valence-electron chi connectivity index (χ4n) is 0.830. The van der Waals surface area contributed by atoms with Gasteiger partial charge in [-0.25, -0.2) is 9.18 Å². The van der Waals surface area contributed by atoms with Crippen molar-refractivity contribution in [2.24, 2.45) is 0 Å². The van der Waals surface area contributed by atoms with E-state index < -0.39 is 49.5 Å². The van der Waals surface area contributed by atoms with E-state index in [1.807, 2.05) is 0 Å². The third-order valence-electron chi connectivity index (χ3n) is 1.89. The monoisotopic (exact) mass is 312 g/mol. The first-order valence-corrected chi connectivity index (χ1v) is 5.38. The van der Waals surface area contributed by atoms with Gasteiger partial charge in [-0.05, 0) is 12.8 Å². The highest BCUT2D eigenvalue weighted by Crippen LogP contribution is 2.23. The molecule has 120 valence electrons. The fourth-order valence-corrected chi connectivity index (χ4v) is 0.830. The lowest BCUT2D eigenvalue weighted by molar-refractivity contribution is -0.175. The number of carbonyl (C=O) groups is 2. The highest BCUT2D eigenvalue weighted by Gasteiger charge is 2.47. The number of carboxylic acid groups (broad SMARTS) is 2. The van der Waals surface area contributed by atoms with Crippen LogP contribution in [-0.4, -0.2) is 40.4 Å². The van der Waals surface area contributed by atoms with Crippen LogP contribution in [0.25, 0.3) is 0 Å². The summed E-state index contributed by atoms with van der Waals surface area (Å²) in [4.78, 5) is 19.3. The molecule has 0 aliphatic rings. The molecule has 0 bridgehead atoms. The Morgan fingerprint density at radius 2 is 1.55 bits per heavy atom. The van der Waals surface area contributed by atoms with Gasteiger partial charge in [0.25, 0.3) is 0 Å². The third kappa shape index (κ3) is 10.4. The van der Waals surface area contributed by atoms with Gasteiger partial charge in [-0.15, -0.1) is 0 Å². The zero-order valence-electron chi connectivity index (χ0n) is 10.4. The van der Waals surface area contributed by atoms with Gasteiger partial charge in [0.1, 0.15) is 0 Å². The van der Waals surface area contributed by atoms with Crippen molar-refractivity contribution in [1.82, 2.24) is 0 Å². The summed E-state index contributed by atoms with van der Waals surface area (Å²) >= 11 is 0. The average Bonchev–Trinajstić information content (AvgIpc) is 2.26. The molecule has 0 saturated carbocycles. The lowest BCUT2D eigenvalue weighted by Crippen LogP contribution is -2.38. The fraction of sp³-hybridized carbons (Fsp3) is 0.800. The predicted octanol–water partition coefficient (Wildman–Crippen LogP) is 3.26. The Morgan fingerprint density at radius 3 is 1.75 bits per heavy atom. The maximum Gasteiger partial charge on any atom is 0.389 e. The van der Waals surface area contributed by atoms with E-state index in [-0.39, 0.29) is 6.42 Å². The van der Waals surface area contributed by atoms with Crippen LogP contribution in [0.2, 0.25) is 0 Å². The Kier molecular flexibility index (Phi) is 9.00. The first kappa shape index (κ1) is 20.8. The summed E-state index contributed by atoms with van der Waals surface area (Å²) in [5.41, 5.74) is 0. The standard InChI is InChI=1S/2C5H7F3O2/c1-2-3(6)5(7,8)4(9)10;6-5(7,8)3-1-2-4(9)10/h3H,2H2,1H3,(H,9,10);1-3H2,(H,9,10). The molecule has 20 heavy (non-hydrogen) atoms. The van der Waals surface area contributed by atoms with Gasteiger partial charge in [0, 0.05) is 12.8 Å². The van der Waals surface area contributed by atoms with Crippen LogP contribution in [-0.2, 0) is 9.59 Å². The second-order valence-corrected chi connectivity index (χ2v) is 3.67. The van der Waals surface area contributed by atoms with Crippen LogP contribution < -0.4 is 0 Å². The Hall–Kier alpha value is -1.48. The highest BCUT2D eigenvalue weighted by atomic mass is 19.4. The van der Waals surface area contributed by atoms with E-state index in [1.165, 1.54) is 0 Å². The molecule has 1 atom stereocenters. The van der Waals surface area contributed by atoms with Crippen molar-refractivity contribution >= 4 is 11.9 Å². The number of carboxylic acids is 2. The summed E-state index contributed by atoms with van der Waals surface area (Å²) in [6, 6.07) is 0. The summed E-state index contributed by atoms with van der Waals surface area (Å²) in [7, 11) is 0. The van der Waals surface area contributed by atoms with Crippen molar-refractivity contribution in [2.45, 2.75) is 50.9 Å². The SMILES string of the molecule is CCC(F)C(F)(F)C(=O)O.O=C(O)CCCC(F)(F)F. The van der Waals surface area contributed by atoms with Gasteiger partial charge in [-0.3, -0.25) is 4.79 Å². The molecule has 0 aromatic heterocycles. The molecule has 0 spiro atoms. The number of hydrogen-bond acceptors (Lipinski definition) is 2. The molecule has 4 nitrogen and oxygen atoms in total. The maximum absolute atomic E-state index is 12.0. The second kappa shape index (κ2) is 8.64. The lowest BCUT2D eigenvalue weighted by Gasteiger charge is -2.13. The molecule has 1 unspecified atom stereocenters. The van der Waals surface area contributed by atoms with Crippen LogP contribution in [0.3, 0.4) is 0 Å². The van der Waals surface area contributed by atoms with Crippen molar-refractivity contribution < 1.29 is 46.1 Å². The Labute approximate surface area is 110 Å². The maximum atomic E-state index is 12.0.